The lowest BCUT2D eigenvalue weighted by Crippen LogP contribution is -2.37. The van der Waals surface area contributed by atoms with Crippen LogP contribution in [0.1, 0.15) is 18.9 Å². The molecule has 6 nitrogen and oxygen atoms in total. The Morgan fingerprint density at radius 1 is 1.27 bits per heavy atom. The number of hydroxylamine groups is 1. The van der Waals surface area contributed by atoms with Gasteiger partial charge in [0.1, 0.15) is 0 Å². The Morgan fingerprint density at radius 2 is 1.93 bits per heavy atom. The number of carbonyl (C=O) groups excluding carboxylic acids is 2. The number of hydrogen-bond acceptors (Lipinski definition) is 3. The molecule has 1 atom stereocenters. The summed E-state index contributed by atoms with van der Waals surface area (Å²) in [5.74, 6) is -0.386. The van der Waals surface area contributed by atoms with Crippen molar-refractivity contribution in [1.29, 1.82) is 0 Å². The normalized spacial score (nSPS) is 12.3. The molecule has 0 saturated heterocycles. The highest BCUT2D eigenvalue weighted by molar-refractivity contribution is 6.08. The van der Waals surface area contributed by atoms with Gasteiger partial charge in [-0.2, -0.15) is 0 Å². The molecule has 1 aromatic rings. The fourth-order valence-electron chi connectivity index (χ4n) is 2.49. The van der Waals surface area contributed by atoms with E-state index in [1.54, 1.807) is 16.5 Å². The molecule has 3 amide bonds. The zero-order valence-corrected chi connectivity index (χ0v) is 17.7. The Hall–Kier alpha value is -3.06. The Bertz CT molecular complexity index is 800. The van der Waals surface area contributed by atoms with Crippen molar-refractivity contribution in [3.05, 3.63) is 78.4 Å². The molecule has 1 aromatic carbocycles. The number of allylic oxidation sites excluding steroid dienone is 2. The summed E-state index contributed by atoms with van der Waals surface area (Å²) < 4.78 is 0. The van der Waals surface area contributed by atoms with E-state index in [4.69, 9.17) is 13.1 Å². The minimum absolute atomic E-state index is 0.209. The maximum Gasteiger partial charge on any atom is 0.322 e. The SMILES string of the molecule is [B]CC(C)CCN(CC(=C)/C=C\C(=C/C=C)C(=O)NO)C(=O)Nc1ccc(C)cc1. The highest BCUT2D eigenvalue weighted by atomic mass is 16.5. The van der Waals surface area contributed by atoms with Gasteiger partial charge in [-0.25, -0.2) is 10.3 Å². The monoisotopic (exact) mass is 407 g/mol. The predicted molar refractivity (Wildman–Crippen MR) is 123 cm³/mol. The van der Waals surface area contributed by atoms with Gasteiger partial charge < -0.3 is 10.2 Å². The number of benzene rings is 1. The summed E-state index contributed by atoms with van der Waals surface area (Å²) >= 11 is 0. The third-order valence-electron chi connectivity index (χ3n) is 4.44. The van der Waals surface area contributed by atoms with Crippen molar-refractivity contribution in [2.75, 3.05) is 18.4 Å². The Kier molecular flexibility index (Phi) is 11.0. The van der Waals surface area contributed by atoms with Gasteiger partial charge in [0.25, 0.3) is 5.91 Å². The molecule has 0 bridgehead atoms. The molecule has 0 fully saturated rings. The fourth-order valence-corrected chi connectivity index (χ4v) is 2.49. The first-order chi connectivity index (χ1) is 14.3. The van der Waals surface area contributed by atoms with Crippen LogP contribution in [0.15, 0.2) is 72.9 Å². The van der Waals surface area contributed by atoms with Crippen molar-refractivity contribution in [3.63, 3.8) is 0 Å². The minimum atomic E-state index is -0.662. The van der Waals surface area contributed by atoms with E-state index in [-0.39, 0.29) is 24.1 Å². The summed E-state index contributed by atoms with van der Waals surface area (Å²) in [6.07, 6.45) is 7.33. The number of amides is 3. The molecule has 0 heterocycles. The summed E-state index contributed by atoms with van der Waals surface area (Å²) in [5, 5.41) is 11.7. The van der Waals surface area contributed by atoms with E-state index >= 15 is 0 Å². The lowest BCUT2D eigenvalue weighted by Gasteiger charge is -2.25. The Balaban J connectivity index is 2.89. The molecule has 7 heteroatoms. The van der Waals surface area contributed by atoms with E-state index in [0.717, 1.165) is 12.0 Å². The summed E-state index contributed by atoms with van der Waals surface area (Å²) in [4.78, 5) is 26.1. The van der Waals surface area contributed by atoms with Crippen LogP contribution >= 0.6 is 0 Å². The zero-order chi connectivity index (χ0) is 22.5. The molecule has 1 rings (SSSR count). The quantitative estimate of drug-likeness (QED) is 0.169. The molecule has 0 aliphatic carbocycles. The molecule has 0 spiro atoms. The molecule has 158 valence electrons. The van der Waals surface area contributed by atoms with Crippen LogP contribution in [0.25, 0.3) is 0 Å². The summed E-state index contributed by atoms with van der Waals surface area (Å²) in [6.45, 7) is 12.3. The van der Waals surface area contributed by atoms with Crippen LogP contribution in [0.2, 0.25) is 6.32 Å². The van der Waals surface area contributed by atoms with E-state index in [2.05, 4.69) is 18.5 Å². The fraction of sp³-hybridized carbons (Fsp3) is 0.304. The van der Waals surface area contributed by atoms with Gasteiger partial charge in [0, 0.05) is 24.4 Å². The molecule has 0 aliphatic rings. The van der Waals surface area contributed by atoms with E-state index in [1.807, 2.05) is 38.1 Å². The van der Waals surface area contributed by atoms with Gasteiger partial charge in [-0.05, 0) is 43.2 Å². The number of nitrogens with zero attached hydrogens (tertiary/aromatic N) is 1. The second kappa shape index (κ2) is 13.2. The van der Waals surface area contributed by atoms with Gasteiger partial charge in [-0.1, -0.05) is 62.2 Å². The van der Waals surface area contributed by atoms with Crippen molar-refractivity contribution in [3.8, 4) is 0 Å². The summed E-state index contributed by atoms with van der Waals surface area (Å²) in [6, 6.07) is 7.31. The second-order valence-corrected chi connectivity index (χ2v) is 7.14. The van der Waals surface area contributed by atoms with Gasteiger partial charge >= 0.3 is 6.03 Å². The lowest BCUT2D eigenvalue weighted by atomic mass is 9.90. The third kappa shape index (κ3) is 8.96. The lowest BCUT2D eigenvalue weighted by molar-refractivity contribution is -0.124. The Labute approximate surface area is 180 Å². The van der Waals surface area contributed by atoms with E-state index in [9.17, 15) is 9.59 Å². The molecular weight excluding hydrogens is 377 g/mol. The molecule has 0 aromatic heterocycles. The maximum absolute atomic E-state index is 12.8. The number of hydrogen-bond donors (Lipinski definition) is 3. The van der Waals surface area contributed by atoms with Gasteiger partial charge in [0.05, 0.1) is 7.85 Å². The van der Waals surface area contributed by atoms with E-state index in [0.29, 0.717) is 24.1 Å². The molecular formula is C23H30BN3O3. The van der Waals surface area contributed by atoms with Crippen molar-refractivity contribution >= 4 is 25.5 Å². The standard InChI is InChI=1S/C23H30BN3O3/c1-5-6-20(22(28)26-30)10-7-19(4)16-27(14-13-18(3)15-24)23(29)25-21-11-8-17(2)9-12-21/h5-12,18,30H,1,4,13-16H2,2-3H3,(H,25,29)(H,26,28)/b10-7-,20-6+. The molecule has 30 heavy (non-hydrogen) atoms. The smallest absolute Gasteiger partial charge is 0.320 e. The highest BCUT2D eigenvalue weighted by Crippen LogP contribution is 2.13. The van der Waals surface area contributed by atoms with Crippen molar-refractivity contribution < 1.29 is 14.8 Å². The molecule has 0 saturated carbocycles. The predicted octanol–water partition coefficient (Wildman–Crippen LogP) is 4.17. The zero-order valence-electron chi connectivity index (χ0n) is 17.7. The van der Waals surface area contributed by atoms with Crippen molar-refractivity contribution in [1.82, 2.24) is 10.4 Å². The second-order valence-electron chi connectivity index (χ2n) is 7.14. The van der Waals surface area contributed by atoms with Gasteiger partial charge in [-0.15, -0.1) is 0 Å². The average Bonchev–Trinajstić information content (AvgIpc) is 2.74. The van der Waals surface area contributed by atoms with Crippen molar-refractivity contribution in [2.24, 2.45) is 5.92 Å². The molecule has 3 N–H and O–H groups in total. The first-order valence-corrected chi connectivity index (χ1v) is 9.76. The molecule has 1 unspecified atom stereocenters. The molecule has 2 radical (unpaired) electrons. The van der Waals surface area contributed by atoms with Crippen LogP contribution in [0, 0.1) is 12.8 Å². The summed E-state index contributed by atoms with van der Waals surface area (Å²) in [7, 11) is 5.70. The van der Waals surface area contributed by atoms with Crippen LogP contribution in [0.4, 0.5) is 10.5 Å². The average molecular weight is 407 g/mol. The number of urea groups is 1. The van der Waals surface area contributed by atoms with Crippen LogP contribution < -0.4 is 10.8 Å². The number of rotatable bonds is 11. The number of carbonyl (C=O) groups is 2. The first kappa shape index (κ1) is 25.0. The van der Waals surface area contributed by atoms with Gasteiger partial charge in [-0.3, -0.25) is 10.0 Å². The van der Waals surface area contributed by atoms with E-state index < -0.39 is 5.91 Å². The summed E-state index contributed by atoms with van der Waals surface area (Å²) in [5.41, 5.74) is 4.23. The van der Waals surface area contributed by atoms with Gasteiger partial charge in [0.2, 0.25) is 0 Å². The number of anilines is 1. The minimum Gasteiger partial charge on any atom is -0.320 e. The van der Waals surface area contributed by atoms with E-state index in [1.165, 1.54) is 18.2 Å². The van der Waals surface area contributed by atoms with Crippen molar-refractivity contribution in [2.45, 2.75) is 26.6 Å². The number of nitrogens with one attached hydrogen (secondary N) is 2. The maximum atomic E-state index is 12.8. The Morgan fingerprint density at radius 3 is 2.50 bits per heavy atom. The van der Waals surface area contributed by atoms with Crippen LogP contribution in [-0.2, 0) is 4.79 Å². The highest BCUT2D eigenvalue weighted by Gasteiger charge is 2.15. The molecule has 0 aliphatic heterocycles. The largest absolute Gasteiger partial charge is 0.322 e. The third-order valence-corrected chi connectivity index (χ3v) is 4.44. The topological polar surface area (TPSA) is 81.7 Å². The van der Waals surface area contributed by atoms with Crippen LogP contribution in [0.3, 0.4) is 0 Å². The van der Waals surface area contributed by atoms with Crippen LogP contribution in [-0.4, -0.2) is 43.0 Å². The van der Waals surface area contributed by atoms with Gasteiger partial charge in [0.15, 0.2) is 0 Å². The number of aryl methyl sites for hydroxylation is 1. The first-order valence-electron chi connectivity index (χ1n) is 9.76. The van der Waals surface area contributed by atoms with Crippen LogP contribution in [0.5, 0.6) is 0 Å².